The van der Waals surface area contributed by atoms with Gasteiger partial charge in [0.05, 0.1) is 11.9 Å². The first-order valence-electron chi connectivity index (χ1n) is 9.82. The lowest BCUT2D eigenvalue weighted by Crippen LogP contribution is -2.44. The summed E-state index contributed by atoms with van der Waals surface area (Å²) in [6.07, 6.45) is 6.34. The third-order valence-corrected chi connectivity index (χ3v) is 5.18. The van der Waals surface area contributed by atoms with Gasteiger partial charge in [-0.1, -0.05) is 0 Å². The van der Waals surface area contributed by atoms with Crippen LogP contribution in [0.1, 0.15) is 52.2 Å². The molecule has 2 aliphatic rings. The Morgan fingerprint density at radius 3 is 2.45 bits per heavy atom. The van der Waals surface area contributed by atoms with E-state index in [0.717, 1.165) is 25.7 Å². The van der Waals surface area contributed by atoms with Crippen LogP contribution in [0.2, 0.25) is 0 Å². The second kappa shape index (κ2) is 8.24. The van der Waals surface area contributed by atoms with Crippen LogP contribution in [0.15, 0.2) is 30.6 Å². The topological polar surface area (TPSA) is 84.4 Å². The highest BCUT2D eigenvalue weighted by Gasteiger charge is 2.38. The van der Waals surface area contributed by atoms with Gasteiger partial charge in [-0.15, -0.1) is 0 Å². The summed E-state index contributed by atoms with van der Waals surface area (Å²) in [6, 6.07) is 4.23. The van der Waals surface area contributed by atoms with Gasteiger partial charge < -0.3 is 15.0 Å². The fraction of sp³-hybridized carbons (Fsp3) is 0.429. The summed E-state index contributed by atoms with van der Waals surface area (Å²) in [6.45, 7) is 3.02. The Balaban J connectivity index is 1.54. The molecule has 2 heterocycles. The summed E-state index contributed by atoms with van der Waals surface area (Å²) in [4.78, 5) is 35.5. The van der Waals surface area contributed by atoms with Crippen molar-refractivity contribution in [2.45, 2.75) is 44.7 Å². The highest BCUT2D eigenvalue weighted by atomic mass is 19.1. The summed E-state index contributed by atoms with van der Waals surface area (Å²) in [5.74, 6) is -1.29. The number of anilines is 1. The molecular weight excluding hydrogens is 375 g/mol. The number of benzene rings is 1. The van der Waals surface area contributed by atoms with Crippen molar-refractivity contribution in [3.8, 4) is 0 Å². The molecule has 1 N–H and O–H groups in total. The van der Waals surface area contributed by atoms with Crippen molar-refractivity contribution in [3.05, 3.63) is 53.4 Å². The minimum Gasteiger partial charge on any atom is -0.381 e. The molecule has 29 heavy (non-hydrogen) atoms. The average molecular weight is 398 g/mol. The number of hydrogen-bond donors (Lipinski definition) is 1. The number of nitrogens with zero attached hydrogens (tertiary/aromatic N) is 3. The number of hydrogen-bond acceptors (Lipinski definition) is 5. The zero-order valence-corrected chi connectivity index (χ0v) is 16.2. The number of carbonyl (C=O) groups is 2. The third kappa shape index (κ3) is 4.59. The molecule has 0 atom stereocenters. The zero-order valence-electron chi connectivity index (χ0n) is 16.2. The Morgan fingerprint density at radius 1 is 1.07 bits per heavy atom. The minimum absolute atomic E-state index is 0.105. The molecule has 1 aromatic heterocycles. The van der Waals surface area contributed by atoms with E-state index in [4.69, 9.17) is 4.74 Å². The standard InChI is InChI=1S/C21H23FN4O3/c1-13-11-24-19(12-23-13)20(27)25-16-9-14(8-15(22)10-16)21(28)26(17-2-3-17)18-4-6-29-7-5-18/h8-12,17-18H,2-7H2,1H3,(H,25,27). The van der Waals surface area contributed by atoms with Crippen LogP contribution in [-0.4, -0.2) is 52.0 Å². The van der Waals surface area contributed by atoms with E-state index in [9.17, 15) is 14.0 Å². The summed E-state index contributed by atoms with van der Waals surface area (Å²) in [7, 11) is 0. The van der Waals surface area contributed by atoms with Gasteiger partial charge in [0.2, 0.25) is 0 Å². The molecule has 1 aliphatic carbocycles. The molecule has 7 nitrogen and oxygen atoms in total. The molecule has 2 fully saturated rings. The van der Waals surface area contributed by atoms with Gasteiger partial charge in [-0.3, -0.25) is 14.6 Å². The number of amides is 2. The lowest BCUT2D eigenvalue weighted by atomic mass is 10.0. The highest BCUT2D eigenvalue weighted by molar-refractivity contribution is 6.03. The number of carbonyl (C=O) groups excluding carboxylic acids is 2. The number of halogens is 1. The van der Waals surface area contributed by atoms with Crippen LogP contribution >= 0.6 is 0 Å². The minimum atomic E-state index is -0.580. The molecular formula is C21H23FN4O3. The molecule has 1 saturated carbocycles. The molecule has 152 valence electrons. The van der Waals surface area contributed by atoms with E-state index in [1.54, 1.807) is 6.92 Å². The number of nitrogens with one attached hydrogen (secondary N) is 1. The van der Waals surface area contributed by atoms with Gasteiger partial charge in [0.25, 0.3) is 11.8 Å². The van der Waals surface area contributed by atoms with E-state index in [1.807, 2.05) is 4.90 Å². The van der Waals surface area contributed by atoms with Crippen molar-refractivity contribution in [3.63, 3.8) is 0 Å². The summed E-state index contributed by atoms with van der Waals surface area (Å²) >= 11 is 0. The van der Waals surface area contributed by atoms with Crippen LogP contribution in [0, 0.1) is 12.7 Å². The maximum Gasteiger partial charge on any atom is 0.275 e. The Labute approximate surface area is 168 Å². The molecule has 0 bridgehead atoms. The Morgan fingerprint density at radius 2 is 1.79 bits per heavy atom. The van der Waals surface area contributed by atoms with Gasteiger partial charge in [0, 0.05) is 42.7 Å². The molecule has 1 aliphatic heterocycles. The largest absolute Gasteiger partial charge is 0.381 e. The van der Waals surface area contributed by atoms with Crippen molar-refractivity contribution < 1.29 is 18.7 Å². The first kappa shape index (κ1) is 19.4. The van der Waals surface area contributed by atoms with Crippen LogP contribution < -0.4 is 5.32 Å². The van der Waals surface area contributed by atoms with E-state index < -0.39 is 11.7 Å². The Hall–Kier alpha value is -2.87. The van der Waals surface area contributed by atoms with Crippen molar-refractivity contribution in [2.75, 3.05) is 18.5 Å². The first-order chi connectivity index (χ1) is 14.0. The maximum atomic E-state index is 14.2. The van der Waals surface area contributed by atoms with Crippen molar-refractivity contribution in [1.82, 2.24) is 14.9 Å². The molecule has 1 saturated heterocycles. The van der Waals surface area contributed by atoms with Crippen molar-refractivity contribution >= 4 is 17.5 Å². The predicted molar refractivity (Wildman–Crippen MR) is 104 cm³/mol. The van der Waals surface area contributed by atoms with Crippen molar-refractivity contribution in [1.29, 1.82) is 0 Å². The van der Waals surface area contributed by atoms with Gasteiger partial charge in [-0.2, -0.15) is 0 Å². The number of aryl methyl sites for hydroxylation is 1. The number of aromatic nitrogens is 2. The monoisotopic (exact) mass is 398 g/mol. The van der Waals surface area contributed by atoms with Crippen molar-refractivity contribution in [2.24, 2.45) is 0 Å². The van der Waals surface area contributed by atoms with Gasteiger partial charge in [0.1, 0.15) is 11.5 Å². The quantitative estimate of drug-likeness (QED) is 0.837. The van der Waals surface area contributed by atoms with E-state index in [-0.39, 0.29) is 34.9 Å². The Bertz CT molecular complexity index is 909. The predicted octanol–water partition coefficient (Wildman–Crippen LogP) is 2.96. The van der Waals surface area contributed by atoms with E-state index >= 15 is 0 Å². The molecule has 0 spiro atoms. The van der Waals surface area contributed by atoms with E-state index in [2.05, 4.69) is 15.3 Å². The zero-order chi connectivity index (χ0) is 20.4. The van der Waals surface area contributed by atoms with Crippen LogP contribution in [-0.2, 0) is 4.74 Å². The van der Waals surface area contributed by atoms with Crippen LogP contribution in [0.5, 0.6) is 0 Å². The highest BCUT2D eigenvalue weighted by Crippen LogP contribution is 2.33. The molecule has 1 aromatic carbocycles. The smallest absolute Gasteiger partial charge is 0.275 e. The maximum absolute atomic E-state index is 14.2. The second-order valence-corrected chi connectivity index (χ2v) is 7.51. The van der Waals surface area contributed by atoms with Crippen LogP contribution in [0.4, 0.5) is 10.1 Å². The Kier molecular flexibility index (Phi) is 5.53. The van der Waals surface area contributed by atoms with Gasteiger partial charge >= 0.3 is 0 Å². The van der Waals surface area contributed by atoms with Gasteiger partial charge in [-0.25, -0.2) is 9.37 Å². The average Bonchev–Trinajstić information content (AvgIpc) is 3.54. The summed E-state index contributed by atoms with van der Waals surface area (Å²) in [5.41, 5.74) is 1.25. The summed E-state index contributed by atoms with van der Waals surface area (Å²) < 4.78 is 19.7. The molecule has 2 amide bonds. The molecule has 2 aromatic rings. The lowest BCUT2D eigenvalue weighted by molar-refractivity contribution is 0.0267. The van der Waals surface area contributed by atoms with E-state index in [0.29, 0.717) is 18.9 Å². The second-order valence-electron chi connectivity index (χ2n) is 7.51. The summed E-state index contributed by atoms with van der Waals surface area (Å²) in [5, 5.41) is 2.60. The van der Waals surface area contributed by atoms with Crippen LogP contribution in [0.25, 0.3) is 0 Å². The van der Waals surface area contributed by atoms with Crippen LogP contribution in [0.3, 0.4) is 0 Å². The molecule has 4 rings (SSSR count). The third-order valence-electron chi connectivity index (χ3n) is 5.18. The fourth-order valence-electron chi connectivity index (χ4n) is 3.59. The molecule has 0 radical (unpaired) electrons. The number of ether oxygens (including phenoxy) is 1. The molecule has 0 unspecified atom stereocenters. The lowest BCUT2D eigenvalue weighted by Gasteiger charge is -2.34. The SMILES string of the molecule is Cc1cnc(C(=O)Nc2cc(F)cc(C(=O)N(C3CCOCC3)C3CC3)c2)cn1. The normalized spacial score (nSPS) is 17.0. The van der Waals surface area contributed by atoms with Gasteiger partial charge in [0.15, 0.2) is 0 Å². The van der Waals surface area contributed by atoms with E-state index in [1.165, 1.54) is 30.6 Å². The fourth-order valence-corrected chi connectivity index (χ4v) is 3.59. The van der Waals surface area contributed by atoms with Gasteiger partial charge in [-0.05, 0) is 50.8 Å². The first-order valence-corrected chi connectivity index (χ1v) is 9.82. The number of rotatable bonds is 5. The molecule has 8 heteroatoms.